The maximum atomic E-state index is 10.3. The van der Waals surface area contributed by atoms with Crippen LogP contribution >= 0.6 is 0 Å². The summed E-state index contributed by atoms with van der Waals surface area (Å²) in [4.78, 5) is 14.4. The molecule has 0 atom stereocenters. The van der Waals surface area contributed by atoms with Crippen LogP contribution in [0.4, 0.5) is 0 Å². The van der Waals surface area contributed by atoms with Crippen molar-refractivity contribution >= 4 is 14.4 Å². The third-order valence-electron chi connectivity index (χ3n) is 2.22. The van der Waals surface area contributed by atoms with Gasteiger partial charge in [0, 0.05) is 27.3 Å². The Hall–Kier alpha value is -0.943. The van der Waals surface area contributed by atoms with Crippen molar-refractivity contribution in [3.8, 4) is 0 Å². The van der Waals surface area contributed by atoms with E-state index in [1.807, 2.05) is 10.8 Å². The van der Waals surface area contributed by atoms with E-state index in [-0.39, 0.29) is 0 Å². The van der Waals surface area contributed by atoms with Crippen molar-refractivity contribution in [1.82, 2.24) is 9.55 Å². The zero-order chi connectivity index (χ0) is 12.0. The minimum atomic E-state index is -0.999. The van der Waals surface area contributed by atoms with Crippen LogP contribution in [0.1, 0.15) is 5.69 Å². The van der Waals surface area contributed by atoms with Gasteiger partial charge in [0.1, 0.15) is 13.0 Å². The van der Waals surface area contributed by atoms with Crippen LogP contribution in [0.15, 0.2) is 12.5 Å². The molecule has 0 fully saturated rings. The average Bonchev–Trinajstić information content (AvgIpc) is 2.60. The molecule has 0 aliphatic heterocycles. The molecule has 4 nitrogen and oxygen atoms in total. The number of carbonyl (C=O) groups is 1. The van der Waals surface area contributed by atoms with Crippen LogP contribution in [-0.4, -0.2) is 30.5 Å². The summed E-state index contributed by atoms with van der Waals surface area (Å²) in [6.45, 7) is 8.31. The van der Waals surface area contributed by atoms with Crippen LogP contribution in [0.25, 0.3) is 0 Å². The topological polar surface area (TPSA) is 44.1 Å². The standard InChI is InChI=1S/C11H20N2O2Si/c1-16(2,3)7-6-15-10-13-8-11(4-5-14)12-9-13/h5,8-9H,4,6-7,10H2,1-3H3. The second kappa shape index (κ2) is 5.96. The lowest BCUT2D eigenvalue weighted by molar-refractivity contribution is -0.107. The number of ether oxygens (including phenoxy) is 1. The van der Waals surface area contributed by atoms with E-state index < -0.39 is 8.07 Å². The van der Waals surface area contributed by atoms with Gasteiger partial charge in [-0.1, -0.05) is 19.6 Å². The van der Waals surface area contributed by atoms with Crippen LogP contribution in [0.5, 0.6) is 0 Å². The van der Waals surface area contributed by atoms with E-state index in [0.29, 0.717) is 13.2 Å². The van der Waals surface area contributed by atoms with Crippen molar-refractivity contribution in [2.24, 2.45) is 0 Å². The highest BCUT2D eigenvalue weighted by molar-refractivity contribution is 6.76. The first-order valence-electron chi connectivity index (χ1n) is 5.53. The predicted molar refractivity (Wildman–Crippen MR) is 66.1 cm³/mol. The molecule has 0 spiro atoms. The summed E-state index contributed by atoms with van der Waals surface area (Å²) < 4.78 is 7.42. The molecule has 1 rings (SSSR count). The molecule has 0 aromatic carbocycles. The van der Waals surface area contributed by atoms with Crippen molar-refractivity contribution in [3.05, 3.63) is 18.2 Å². The molecular weight excluding hydrogens is 220 g/mol. The molecule has 0 saturated carbocycles. The van der Waals surface area contributed by atoms with Gasteiger partial charge < -0.3 is 14.1 Å². The van der Waals surface area contributed by atoms with Crippen molar-refractivity contribution in [2.45, 2.75) is 38.8 Å². The van der Waals surface area contributed by atoms with Crippen LogP contribution in [0, 0.1) is 0 Å². The summed E-state index contributed by atoms with van der Waals surface area (Å²) in [7, 11) is -0.999. The maximum Gasteiger partial charge on any atom is 0.125 e. The molecule has 1 heterocycles. The quantitative estimate of drug-likeness (QED) is 0.415. The van der Waals surface area contributed by atoms with E-state index in [1.54, 1.807) is 6.33 Å². The number of nitrogens with zero attached hydrogens (tertiary/aromatic N) is 2. The first kappa shape index (κ1) is 13.1. The number of rotatable bonds is 7. The zero-order valence-electron chi connectivity index (χ0n) is 10.3. The largest absolute Gasteiger partial charge is 0.361 e. The molecule has 0 amide bonds. The molecule has 1 aromatic heterocycles. The Bertz CT molecular complexity index is 331. The van der Waals surface area contributed by atoms with E-state index >= 15 is 0 Å². The van der Waals surface area contributed by atoms with Crippen molar-refractivity contribution < 1.29 is 9.53 Å². The second-order valence-corrected chi connectivity index (χ2v) is 10.7. The molecule has 0 aliphatic carbocycles. The van der Waals surface area contributed by atoms with Gasteiger partial charge in [-0.2, -0.15) is 0 Å². The third-order valence-corrected chi connectivity index (χ3v) is 3.92. The van der Waals surface area contributed by atoms with Crippen LogP contribution < -0.4 is 0 Å². The second-order valence-electron chi connectivity index (χ2n) is 5.10. The minimum Gasteiger partial charge on any atom is -0.361 e. The monoisotopic (exact) mass is 240 g/mol. The number of aldehydes is 1. The van der Waals surface area contributed by atoms with Crippen LogP contribution in [0.3, 0.4) is 0 Å². The number of hydrogen-bond acceptors (Lipinski definition) is 3. The van der Waals surface area contributed by atoms with E-state index in [9.17, 15) is 4.79 Å². The van der Waals surface area contributed by atoms with E-state index in [1.165, 1.54) is 6.04 Å². The summed E-state index contributed by atoms with van der Waals surface area (Å²) >= 11 is 0. The van der Waals surface area contributed by atoms with Gasteiger partial charge in [0.05, 0.1) is 12.0 Å². The summed E-state index contributed by atoms with van der Waals surface area (Å²) in [6, 6.07) is 1.17. The molecule has 0 saturated heterocycles. The summed E-state index contributed by atoms with van der Waals surface area (Å²) in [5.74, 6) is 0. The molecule has 0 radical (unpaired) electrons. The Morgan fingerprint density at radius 3 is 2.88 bits per heavy atom. The average molecular weight is 240 g/mol. The Morgan fingerprint density at radius 2 is 2.25 bits per heavy atom. The zero-order valence-corrected chi connectivity index (χ0v) is 11.3. The number of carbonyl (C=O) groups excluding carboxylic acids is 1. The van der Waals surface area contributed by atoms with Crippen molar-refractivity contribution in [2.75, 3.05) is 6.61 Å². The van der Waals surface area contributed by atoms with Crippen molar-refractivity contribution in [3.63, 3.8) is 0 Å². The smallest absolute Gasteiger partial charge is 0.125 e. The molecule has 1 aromatic rings. The molecule has 0 unspecified atom stereocenters. The summed E-state index contributed by atoms with van der Waals surface area (Å²) in [5.41, 5.74) is 0.795. The van der Waals surface area contributed by atoms with Gasteiger partial charge >= 0.3 is 0 Å². The lowest BCUT2D eigenvalue weighted by Crippen LogP contribution is -2.21. The number of hydrogen-bond donors (Lipinski definition) is 0. The van der Waals surface area contributed by atoms with Gasteiger partial charge in [-0.3, -0.25) is 0 Å². The lowest BCUT2D eigenvalue weighted by Gasteiger charge is -2.15. The molecular formula is C11H20N2O2Si. The maximum absolute atomic E-state index is 10.3. The minimum absolute atomic E-state index is 0.377. The predicted octanol–water partition coefficient (Wildman–Crippen LogP) is 1.94. The fraction of sp³-hybridized carbons (Fsp3) is 0.636. The molecule has 16 heavy (non-hydrogen) atoms. The van der Waals surface area contributed by atoms with Gasteiger partial charge in [0.15, 0.2) is 0 Å². The highest BCUT2D eigenvalue weighted by Gasteiger charge is 2.11. The molecule has 5 heteroatoms. The van der Waals surface area contributed by atoms with Gasteiger partial charge in [-0.25, -0.2) is 4.98 Å². The normalized spacial score (nSPS) is 11.7. The highest BCUT2D eigenvalue weighted by atomic mass is 28.3. The highest BCUT2D eigenvalue weighted by Crippen LogP contribution is 2.07. The van der Waals surface area contributed by atoms with E-state index in [0.717, 1.165) is 18.6 Å². The Balaban J connectivity index is 2.24. The fourth-order valence-electron chi connectivity index (χ4n) is 1.22. The van der Waals surface area contributed by atoms with Gasteiger partial charge in [0.25, 0.3) is 0 Å². The fourth-order valence-corrected chi connectivity index (χ4v) is 1.97. The van der Waals surface area contributed by atoms with Gasteiger partial charge in [-0.15, -0.1) is 0 Å². The van der Waals surface area contributed by atoms with Gasteiger partial charge in [0.2, 0.25) is 0 Å². The van der Waals surface area contributed by atoms with Crippen molar-refractivity contribution in [1.29, 1.82) is 0 Å². The lowest BCUT2D eigenvalue weighted by atomic mass is 10.4. The van der Waals surface area contributed by atoms with Crippen LogP contribution in [0.2, 0.25) is 25.7 Å². The molecule has 0 bridgehead atoms. The molecule has 90 valence electrons. The first-order valence-corrected chi connectivity index (χ1v) is 9.24. The van der Waals surface area contributed by atoms with Crippen LogP contribution in [-0.2, 0) is 22.7 Å². The third kappa shape index (κ3) is 5.23. The Morgan fingerprint density at radius 1 is 1.50 bits per heavy atom. The molecule has 0 N–H and O–H groups in total. The Labute approximate surface area is 97.6 Å². The Kier molecular flexibility index (Phi) is 4.89. The SMILES string of the molecule is C[Si](C)(C)CCOCn1cnc(CC=O)c1. The number of imidazole rings is 1. The van der Waals surface area contributed by atoms with E-state index in [2.05, 4.69) is 24.6 Å². The first-order chi connectivity index (χ1) is 7.51. The summed E-state index contributed by atoms with van der Waals surface area (Å²) in [6.07, 6.45) is 4.79. The number of aromatic nitrogens is 2. The molecule has 0 aliphatic rings. The van der Waals surface area contributed by atoms with E-state index in [4.69, 9.17) is 4.74 Å². The summed E-state index contributed by atoms with van der Waals surface area (Å²) in [5, 5.41) is 0. The van der Waals surface area contributed by atoms with Gasteiger partial charge in [-0.05, 0) is 6.04 Å².